The van der Waals surface area contributed by atoms with Crippen LogP contribution in [0.15, 0.2) is 18.2 Å². The van der Waals surface area contributed by atoms with Crippen molar-refractivity contribution in [2.75, 3.05) is 13.1 Å². The van der Waals surface area contributed by atoms with Gasteiger partial charge in [-0.2, -0.15) is 0 Å². The Balaban J connectivity index is 2.06. The SMILES string of the molecule is Cc1ccc(CN2CC(C)NCC2C)cc1F. The van der Waals surface area contributed by atoms with Crippen LogP contribution >= 0.6 is 0 Å². The molecule has 0 amide bonds. The highest BCUT2D eigenvalue weighted by Crippen LogP contribution is 2.15. The number of halogens is 1. The molecule has 1 heterocycles. The standard InChI is InChI=1S/C14H21FN2/c1-10-4-5-13(6-14(10)15)9-17-8-11(2)16-7-12(17)3/h4-6,11-12,16H,7-9H2,1-3H3. The van der Waals surface area contributed by atoms with Gasteiger partial charge >= 0.3 is 0 Å². The molecule has 2 atom stereocenters. The van der Waals surface area contributed by atoms with Crippen LogP contribution < -0.4 is 5.32 Å². The van der Waals surface area contributed by atoms with Crippen molar-refractivity contribution in [1.29, 1.82) is 0 Å². The van der Waals surface area contributed by atoms with Crippen LogP contribution in [-0.2, 0) is 6.54 Å². The molecule has 2 nitrogen and oxygen atoms in total. The zero-order chi connectivity index (χ0) is 12.4. The maximum absolute atomic E-state index is 13.5. The van der Waals surface area contributed by atoms with E-state index in [-0.39, 0.29) is 5.82 Å². The minimum Gasteiger partial charge on any atom is -0.311 e. The van der Waals surface area contributed by atoms with Crippen molar-refractivity contribution < 1.29 is 4.39 Å². The van der Waals surface area contributed by atoms with Crippen LogP contribution in [0.3, 0.4) is 0 Å². The summed E-state index contributed by atoms with van der Waals surface area (Å²) in [6.07, 6.45) is 0. The normalized spacial score (nSPS) is 26.1. The molecule has 1 aromatic carbocycles. The Labute approximate surface area is 103 Å². The second kappa shape index (κ2) is 5.15. The van der Waals surface area contributed by atoms with Gasteiger partial charge in [0.2, 0.25) is 0 Å². The van der Waals surface area contributed by atoms with Gasteiger partial charge < -0.3 is 5.32 Å². The van der Waals surface area contributed by atoms with Crippen LogP contribution in [0.25, 0.3) is 0 Å². The van der Waals surface area contributed by atoms with E-state index in [0.29, 0.717) is 12.1 Å². The Hall–Kier alpha value is -0.930. The van der Waals surface area contributed by atoms with E-state index in [1.165, 1.54) is 0 Å². The van der Waals surface area contributed by atoms with Crippen LogP contribution in [-0.4, -0.2) is 30.1 Å². The number of nitrogens with one attached hydrogen (secondary N) is 1. The molecule has 1 N–H and O–H groups in total. The summed E-state index contributed by atoms with van der Waals surface area (Å²) in [7, 11) is 0. The summed E-state index contributed by atoms with van der Waals surface area (Å²) in [5.41, 5.74) is 1.78. The van der Waals surface area contributed by atoms with Crippen LogP contribution in [0.1, 0.15) is 25.0 Å². The van der Waals surface area contributed by atoms with Gasteiger partial charge in [-0.1, -0.05) is 12.1 Å². The molecule has 0 bridgehead atoms. The Kier molecular flexibility index (Phi) is 3.79. The summed E-state index contributed by atoms with van der Waals surface area (Å²) in [5.74, 6) is -0.0988. The summed E-state index contributed by atoms with van der Waals surface area (Å²) in [6, 6.07) is 6.57. The number of nitrogens with zero attached hydrogens (tertiary/aromatic N) is 1. The monoisotopic (exact) mass is 236 g/mol. The van der Waals surface area contributed by atoms with Crippen molar-refractivity contribution in [3.05, 3.63) is 35.1 Å². The molecule has 0 spiro atoms. The molecule has 0 aromatic heterocycles. The lowest BCUT2D eigenvalue weighted by molar-refractivity contribution is 0.138. The topological polar surface area (TPSA) is 15.3 Å². The third kappa shape index (κ3) is 3.05. The first-order chi connectivity index (χ1) is 8.06. The fourth-order valence-electron chi connectivity index (χ4n) is 2.29. The molecule has 1 aliphatic heterocycles. The van der Waals surface area contributed by atoms with E-state index in [0.717, 1.165) is 30.8 Å². The molecule has 1 saturated heterocycles. The van der Waals surface area contributed by atoms with Crippen molar-refractivity contribution in [2.24, 2.45) is 0 Å². The zero-order valence-electron chi connectivity index (χ0n) is 10.8. The molecular formula is C14H21FN2. The Bertz CT molecular complexity index is 392. The molecule has 0 aliphatic carbocycles. The zero-order valence-corrected chi connectivity index (χ0v) is 10.8. The number of benzene rings is 1. The summed E-state index contributed by atoms with van der Waals surface area (Å²) < 4.78 is 13.5. The van der Waals surface area contributed by atoms with E-state index < -0.39 is 0 Å². The summed E-state index contributed by atoms with van der Waals surface area (Å²) in [6.45, 7) is 9.07. The quantitative estimate of drug-likeness (QED) is 0.847. The highest BCUT2D eigenvalue weighted by molar-refractivity contribution is 5.23. The van der Waals surface area contributed by atoms with E-state index in [4.69, 9.17) is 0 Å². The Morgan fingerprint density at radius 3 is 2.88 bits per heavy atom. The van der Waals surface area contributed by atoms with Crippen LogP contribution in [0.4, 0.5) is 4.39 Å². The van der Waals surface area contributed by atoms with Gasteiger partial charge in [0.1, 0.15) is 5.82 Å². The largest absolute Gasteiger partial charge is 0.311 e. The minimum atomic E-state index is -0.0988. The second-order valence-electron chi connectivity index (χ2n) is 5.17. The van der Waals surface area contributed by atoms with Gasteiger partial charge in [-0.05, 0) is 38.0 Å². The van der Waals surface area contributed by atoms with E-state index in [1.54, 1.807) is 13.0 Å². The smallest absolute Gasteiger partial charge is 0.126 e. The first-order valence-corrected chi connectivity index (χ1v) is 6.28. The summed E-state index contributed by atoms with van der Waals surface area (Å²) >= 11 is 0. The van der Waals surface area contributed by atoms with Crippen molar-refractivity contribution in [1.82, 2.24) is 10.2 Å². The van der Waals surface area contributed by atoms with Crippen LogP contribution in [0.5, 0.6) is 0 Å². The molecule has 3 heteroatoms. The molecule has 1 fully saturated rings. The Morgan fingerprint density at radius 2 is 2.18 bits per heavy atom. The van der Waals surface area contributed by atoms with Gasteiger partial charge in [0.05, 0.1) is 0 Å². The predicted molar refractivity (Wildman–Crippen MR) is 68.5 cm³/mol. The number of aryl methyl sites for hydroxylation is 1. The highest BCUT2D eigenvalue weighted by Gasteiger charge is 2.22. The van der Waals surface area contributed by atoms with Gasteiger partial charge in [0, 0.05) is 31.7 Å². The summed E-state index contributed by atoms with van der Waals surface area (Å²) in [5, 5.41) is 3.45. The number of rotatable bonds is 2. The van der Waals surface area contributed by atoms with Crippen molar-refractivity contribution >= 4 is 0 Å². The lowest BCUT2D eigenvalue weighted by Crippen LogP contribution is -2.53. The number of hydrogen-bond donors (Lipinski definition) is 1. The molecule has 17 heavy (non-hydrogen) atoms. The first-order valence-electron chi connectivity index (χ1n) is 6.28. The molecule has 2 unspecified atom stereocenters. The molecule has 0 radical (unpaired) electrons. The van der Waals surface area contributed by atoms with Gasteiger partial charge in [0.25, 0.3) is 0 Å². The predicted octanol–water partition coefficient (Wildman–Crippen LogP) is 2.32. The maximum Gasteiger partial charge on any atom is 0.126 e. The average Bonchev–Trinajstić information content (AvgIpc) is 2.29. The van der Waals surface area contributed by atoms with Gasteiger partial charge in [-0.25, -0.2) is 4.39 Å². The Morgan fingerprint density at radius 1 is 1.41 bits per heavy atom. The maximum atomic E-state index is 13.5. The van der Waals surface area contributed by atoms with E-state index in [9.17, 15) is 4.39 Å². The van der Waals surface area contributed by atoms with E-state index in [1.807, 2.05) is 12.1 Å². The fourth-order valence-corrected chi connectivity index (χ4v) is 2.29. The first kappa shape index (κ1) is 12.5. The van der Waals surface area contributed by atoms with E-state index in [2.05, 4.69) is 24.1 Å². The van der Waals surface area contributed by atoms with Crippen molar-refractivity contribution in [2.45, 2.75) is 39.4 Å². The molecule has 1 aliphatic rings. The molecule has 2 rings (SSSR count). The van der Waals surface area contributed by atoms with Crippen molar-refractivity contribution in [3.8, 4) is 0 Å². The molecule has 1 aromatic rings. The van der Waals surface area contributed by atoms with Gasteiger partial charge in [-0.3, -0.25) is 4.90 Å². The lowest BCUT2D eigenvalue weighted by Gasteiger charge is -2.37. The summed E-state index contributed by atoms with van der Waals surface area (Å²) in [4.78, 5) is 2.41. The van der Waals surface area contributed by atoms with E-state index >= 15 is 0 Å². The lowest BCUT2D eigenvalue weighted by atomic mass is 10.1. The second-order valence-corrected chi connectivity index (χ2v) is 5.17. The highest BCUT2D eigenvalue weighted by atomic mass is 19.1. The minimum absolute atomic E-state index is 0.0988. The fraction of sp³-hybridized carbons (Fsp3) is 0.571. The molecule has 94 valence electrons. The third-order valence-corrected chi connectivity index (χ3v) is 3.52. The molecular weight excluding hydrogens is 215 g/mol. The average molecular weight is 236 g/mol. The number of piperazine rings is 1. The third-order valence-electron chi connectivity index (χ3n) is 3.52. The van der Waals surface area contributed by atoms with Crippen LogP contribution in [0, 0.1) is 12.7 Å². The van der Waals surface area contributed by atoms with Crippen molar-refractivity contribution in [3.63, 3.8) is 0 Å². The molecule has 0 saturated carbocycles. The van der Waals surface area contributed by atoms with Gasteiger partial charge in [0.15, 0.2) is 0 Å². The number of hydrogen-bond acceptors (Lipinski definition) is 2. The van der Waals surface area contributed by atoms with Gasteiger partial charge in [-0.15, -0.1) is 0 Å². The van der Waals surface area contributed by atoms with Crippen LogP contribution in [0.2, 0.25) is 0 Å².